The van der Waals surface area contributed by atoms with Crippen molar-refractivity contribution in [2.24, 2.45) is 0 Å². The predicted octanol–water partition coefficient (Wildman–Crippen LogP) is 3.52. The molecule has 0 N–H and O–H groups in total. The summed E-state index contributed by atoms with van der Waals surface area (Å²) in [4.78, 5) is 4.60. The second kappa shape index (κ2) is 5.86. The maximum atomic E-state index is 12.8. The van der Waals surface area contributed by atoms with Crippen LogP contribution in [-0.4, -0.2) is 30.8 Å². The molecular weight excluding hydrogens is 324 g/mol. The van der Waals surface area contributed by atoms with Crippen LogP contribution in [0.2, 0.25) is 0 Å². The van der Waals surface area contributed by atoms with Crippen molar-refractivity contribution < 1.29 is 12.8 Å². The molecule has 0 bridgehead atoms. The molecule has 0 unspecified atom stereocenters. The molecule has 1 saturated heterocycles. The standard InChI is InChI=1S/C18H20N2O3S/c1-13-19-18(12-23-13)16-4-6-17(7-5-16)24(21,22)20-10-8-15(9-11-20)14-2-3-14/h4-7,12H,2-3,8-11H2,1H3. The molecule has 1 aromatic heterocycles. The van der Waals surface area contributed by atoms with Gasteiger partial charge in [0.2, 0.25) is 10.0 Å². The van der Waals surface area contributed by atoms with Crippen molar-refractivity contribution in [3.8, 4) is 11.3 Å². The molecule has 4 rings (SSSR count). The van der Waals surface area contributed by atoms with Gasteiger partial charge in [0.1, 0.15) is 12.0 Å². The zero-order valence-corrected chi connectivity index (χ0v) is 14.5. The predicted molar refractivity (Wildman–Crippen MR) is 90.9 cm³/mol. The van der Waals surface area contributed by atoms with Crippen LogP contribution in [0.1, 0.15) is 31.6 Å². The lowest BCUT2D eigenvalue weighted by Crippen LogP contribution is -2.36. The largest absolute Gasteiger partial charge is 0.449 e. The molecule has 24 heavy (non-hydrogen) atoms. The number of piperidine rings is 1. The number of aryl methyl sites for hydroxylation is 1. The van der Waals surface area contributed by atoms with E-state index in [-0.39, 0.29) is 0 Å². The summed E-state index contributed by atoms with van der Waals surface area (Å²) in [5.74, 6) is 0.593. The zero-order valence-electron chi connectivity index (χ0n) is 13.7. The Balaban J connectivity index is 1.53. The summed E-state index contributed by atoms with van der Waals surface area (Å²) in [5, 5.41) is 0. The third kappa shape index (κ3) is 2.91. The lowest BCUT2D eigenvalue weighted by Gasteiger charge is -2.27. The molecule has 2 fully saturated rings. The Kier molecular flexibility index (Phi) is 3.81. The fraction of sp³-hybridized carbons (Fsp3) is 0.389. The lowest BCUT2D eigenvalue weighted by atomic mass is 10.1. The van der Waals surface area contributed by atoms with E-state index in [9.17, 15) is 8.42 Å². The van der Waals surface area contributed by atoms with Gasteiger partial charge in [0.25, 0.3) is 0 Å². The maximum absolute atomic E-state index is 12.8. The molecule has 6 heteroatoms. The van der Waals surface area contributed by atoms with Crippen molar-refractivity contribution in [2.45, 2.75) is 37.5 Å². The Morgan fingerprint density at radius 2 is 1.62 bits per heavy atom. The minimum Gasteiger partial charge on any atom is -0.449 e. The van der Waals surface area contributed by atoms with Gasteiger partial charge in [0.15, 0.2) is 5.89 Å². The first-order valence-electron chi connectivity index (χ1n) is 8.26. The first-order valence-corrected chi connectivity index (χ1v) is 9.70. The summed E-state index contributed by atoms with van der Waals surface area (Å²) in [6.45, 7) is 2.96. The quantitative estimate of drug-likeness (QED) is 0.799. The Hall–Kier alpha value is -1.92. The summed E-state index contributed by atoms with van der Waals surface area (Å²) in [6, 6.07) is 6.88. The van der Waals surface area contributed by atoms with Gasteiger partial charge in [-0.2, -0.15) is 4.31 Å². The minimum absolute atomic E-state index is 0.342. The highest BCUT2D eigenvalue weighted by atomic mass is 32.2. The van der Waals surface area contributed by atoms with Gasteiger partial charge < -0.3 is 4.42 Å². The number of benzene rings is 1. The van der Waals surface area contributed by atoms with E-state index < -0.39 is 10.0 Å². The SMILES string of the molecule is Cc1nc(-c2ccc(S(=O)(=O)N3CCC(=C4CC4)CC3)cc2)co1. The maximum Gasteiger partial charge on any atom is 0.243 e. The molecule has 1 aliphatic carbocycles. The topological polar surface area (TPSA) is 63.4 Å². The molecule has 2 aliphatic rings. The van der Waals surface area contributed by atoms with E-state index in [0.717, 1.165) is 24.1 Å². The van der Waals surface area contributed by atoms with Crippen LogP contribution < -0.4 is 0 Å². The van der Waals surface area contributed by atoms with Crippen molar-refractivity contribution in [3.05, 3.63) is 47.6 Å². The molecule has 0 radical (unpaired) electrons. The molecule has 1 saturated carbocycles. The summed E-state index contributed by atoms with van der Waals surface area (Å²) >= 11 is 0. The number of hydrogen-bond acceptors (Lipinski definition) is 4. The molecule has 0 spiro atoms. The normalized spacial score (nSPS) is 18.9. The van der Waals surface area contributed by atoms with E-state index in [2.05, 4.69) is 4.98 Å². The van der Waals surface area contributed by atoms with Gasteiger partial charge in [-0.15, -0.1) is 0 Å². The highest BCUT2D eigenvalue weighted by molar-refractivity contribution is 7.89. The summed E-state index contributed by atoms with van der Waals surface area (Å²) in [5.41, 5.74) is 4.61. The number of sulfonamides is 1. The second-order valence-electron chi connectivity index (χ2n) is 6.39. The smallest absolute Gasteiger partial charge is 0.243 e. The first-order chi connectivity index (χ1) is 11.5. The molecular formula is C18H20N2O3S. The molecule has 5 nitrogen and oxygen atoms in total. The van der Waals surface area contributed by atoms with Crippen LogP contribution in [0.4, 0.5) is 0 Å². The monoisotopic (exact) mass is 344 g/mol. The van der Waals surface area contributed by atoms with Gasteiger partial charge in [-0.3, -0.25) is 0 Å². The number of oxazole rings is 1. The van der Waals surface area contributed by atoms with Gasteiger partial charge in [0.05, 0.1) is 4.90 Å². The Morgan fingerprint density at radius 1 is 1.00 bits per heavy atom. The van der Waals surface area contributed by atoms with Gasteiger partial charge in [-0.25, -0.2) is 13.4 Å². The van der Waals surface area contributed by atoms with Crippen molar-refractivity contribution in [1.82, 2.24) is 9.29 Å². The van der Waals surface area contributed by atoms with Crippen LogP contribution >= 0.6 is 0 Å². The van der Waals surface area contributed by atoms with Crippen LogP contribution in [0.5, 0.6) is 0 Å². The van der Waals surface area contributed by atoms with Crippen molar-refractivity contribution >= 4 is 10.0 Å². The summed E-state index contributed by atoms with van der Waals surface area (Å²) in [6.07, 6.45) is 5.77. The van der Waals surface area contributed by atoms with Gasteiger partial charge in [-0.05, 0) is 37.8 Å². The first kappa shape index (κ1) is 15.6. The van der Waals surface area contributed by atoms with E-state index in [0.29, 0.717) is 23.9 Å². The fourth-order valence-corrected chi connectivity index (χ4v) is 4.65. The Bertz CT molecular complexity index is 879. The van der Waals surface area contributed by atoms with E-state index in [1.54, 1.807) is 47.3 Å². The minimum atomic E-state index is -3.42. The number of aromatic nitrogens is 1. The Labute approximate surface area is 142 Å². The van der Waals surface area contributed by atoms with Crippen LogP contribution in [0.3, 0.4) is 0 Å². The van der Waals surface area contributed by atoms with E-state index in [1.165, 1.54) is 18.4 Å². The number of allylic oxidation sites excluding steroid dienone is 1. The highest BCUT2D eigenvalue weighted by Crippen LogP contribution is 2.37. The third-order valence-electron chi connectivity index (χ3n) is 4.73. The molecule has 2 aromatic rings. The van der Waals surface area contributed by atoms with Crippen LogP contribution in [0.25, 0.3) is 11.3 Å². The number of hydrogen-bond donors (Lipinski definition) is 0. The molecule has 2 heterocycles. The number of rotatable bonds is 3. The van der Waals surface area contributed by atoms with Gasteiger partial charge >= 0.3 is 0 Å². The fourth-order valence-electron chi connectivity index (χ4n) is 3.21. The summed E-state index contributed by atoms with van der Waals surface area (Å²) < 4.78 is 32.4. The molecule has 1 aliphatic heterocycles. The molecule has 126 valence electrons. The van der Waals surface area contributed by atoms with Crippen LogP contribution in [0.15, 0.2) is 51.0 Å². The highest BCUT2D eigenvalue weighted by Gasteiger charge is 2.29. The van der Waals surface area contributed by atoms with Crippen molar-refractivity contribution in [1.29, 1.82) is 0 Å². The zero-order chi connectivity index (χ0) is 16.7. The number of nitrogens with zero attached hydrogens (tertiary/aromatic N) is 2. The third-order valence-corrected chi connectivity index (χ3v) is 6.65. The van der Waals surface area contributed by atoms with Crippen molar-refractivity contribution in [3.63, 3.8) is 0 Å². The lowest BCUT2D eigenvalue weighted by molar-refractivity contribution is 0.386. The second-order valence-corrected chi connectivity index (χ2v) is 8.33. The van der Waals surface area contributed by atoms with E-state index in [1.807, 2.05) is 0 Å². The van der Waals surface area contributed by atoms with Crippen LogP contribution in [-0.2, 0) is 10.0 Å². The summed E-state index contributed by atoms with van der Waals surface area (Å²) in [7, 11) is -3.42. The molecule has 0 atom stereocenters. The van der Waals surface area contributed by atoms with Crippen molar-refractivity contribution in [2.75, 3.05) is 13.1 Å². The van der Waals surface area contributed by atoms with Gasteiger partial charge in [0, 0.05) is 25.6 Å². The Morgan fingerprint density at radius 3 is 2.17 bits per heavy atom. The molecule has 0 amide bonds. The average molecular weight is 344 g/mol. The average Bonchev–Trinajstić information content (AvgIpc) is 3.36. The molecule has 1 aromatic carbocycles. The van der Waals surface area contributed by atoms with Gasteiger partial charge in [-0.1, -0.05) is 23.3 Å². The van der Waals surface area contributed by atoms with E-state index >= 15 is 0 Å². The van der Waals surface area contributed by atoms with Crippen LogP contribution in [0, 0.1) is 6.92 Å². The van der Waals surface area contributed by atoms with E-state index in [4.69, 9.17) is 4.42 Å².